The number of nitrogens with one attached hydrogen (secondary N) is 2. The van der Waals surface area contributed by atoms with Crippen LogP contribution in [0.1, 0.15) is 47.3 Å². The van der Waals surface area contributed by atoms with Gasteiger partial charge >= 0.3 is 0 Å². The highest BCUT2D eigenvalue weighted by molar-refractivity contribution is 6.06. The first-order chi connectivity index (χ1) is 16.2. The molecule has 0 saturated carbocycles. The number of aliphatic hydroxyl groups is 1. The third kappa shape index (κ3) is 3.64. The summed E-state index contributed by atoms with van der Waals surface area (Å²) in [6, 6.07) is 8.07. The molecule has 3 aromatic rings. The molecule has 0 aliphatic carbocycles. The lowest BCUT2D eigenvalue weighted by molar-refractivity contribution is 0.0966. The number of benzene rings is 1. The van der Waals surface area contributed by atoms with Gasteiger partial charge in [-0.2, -0.15) is 5.10 Å². The zero-order chi connectivity index (χ0) is 22.4. The van der Waals surface area contributed by atoms with Crippen molar-refractivity contribution in [1.29, 1.82) is 0 Å². The molecule has 2 aromatic heterocycles. The molecular weight excluding hydrogens is 416 g/mol. The molecule has 3 N–H and O–H groups in total. The van der Waals surface area contributed by atoms with Gasteiger partial charge in [0.2, 0.25) is 0 Å². The van der Waals surface area contributed by atoms with E-state index in [9.17, 15) is 9.90 Å². The van der Waals surface area contributed by atoms with Crippen molar-refractivity contribution in [2.45, 2.75) is 51.3 Å². The van der Waals surface area contributed by atoms with Crippen LogP contribution in [0.5, 0.6) is 0 Å². The monoisotopic (exact) mass is 444 g/mol. The number of carbonyl (C=O) groups excluding carboxylic acids is 1. The molecule has 5 heterocycles. The van der Waals surface area contributed by atoms with Crippen molar-refractivity contribution in [2.24, 2.45) is 0 Å². The van der Waals surface area contributed by atoms with Crippen LogP contribution in [0, 0.1) is 0 Å². The van der Waals surface area contributed by atoms with Crippen LogP contribution in [0.3, 0.4) is 0 Å². The molecule has 170 valence electrons. The standard InChI is InChI=1S/C25H28N6O2/c32-17-8-11-30(12-9-17)16-4-7-23(26-13-16)29-21-6-5-18(20-14-27-25(33)24(20)21)19-15-28-31-10-2-1-3-22(19)31/h4-7,13,15,17,32H,1-3,8-12,14H2,(H,26,29)(H,27,33). The van der Waals surface area contributed by atoms with Crippen molar-refractivity contribution in [3.63, 3.8) is 0 Å². The number of piperidine rings is 1. The van der Waals surface area contributed by atoms with Gasteiger partial charge in [0.15, 0.2) is 0 Å². The number of hydrogen-bond acceptors (Lipinski definition) is 6. The Morgan fingerprint density at radius 2 is 1.91 bits per heavy atom. The minimum absolute atomic E-state index is 0.0566. The van der Waals surface area contributed by atoms with E-state index < -0.39 is 0 Å². The Morgan fingerprint density at radius 1 is 1.03 bits per heavy atom. The molecule has 3 aliphatic rings. The molecule has 33 heavy (non-hydrogen) atoms. The quantitative estimate of drug-likeness (QED) is 0.572. The summed E-state index contributed by atoms with van der Waals surface area (Å²) in [4.78, 5) is 19.6. The van der Waals surface area contributed by atoms with Crippen LogP contribution in [-0.4, -0.2) is 45.0 Å². The first-order valence-electron chi connectivity index (χ1n) is 11.8. The molecule has 0 bridgehead atoms. The van der Waals surface area contributed by atoms with Crippen molar-refractivity contribution in [1.82, 2.24) is 20.1 Å². The fourth-order valence-electron chi connectivity index (χ4n) is 5.26. The minimum Gasteiger partial charge on any atom is -0.393 e. The molecule has 0 atom stereocenters. The van der Waals surface area contributed by atoms with Gasteiger partial charge in [0.05, 0.1) is 35.4 Å². The number of aryl methyl sites for hydroxylation is 1. The third-order valence-corrected chi connectivity index (χ3v) is 7.08. The Morgan fingerprint density at radius 3 is 2.73 bits per heavy atom. The molecule has 1 aromatic carbocycles. The maximum Gasteiger partial charge on any atom is 0.254 e. The predicted molar refractivity (Wildman–Crippen MR) is 127 cm³/mol. The number of amides is 1. The molecule has 1 fully saturated rings. The van der Waals surface area contributed by atoms with Gasteiger partial charge in [-0.15, -0.1) is 0 Å². The largest absolute Gasteiger partial charge is 0.393 e. The van der Waals surface area contributed by atoms with Crippen LogP contribution in [0.4, 0.5) is 17.2 Å². The number of nitrogens with zero attached hydrogens (tertiary/aromatic N) is 4. The van der Waals surface area contributed by atoms with Crippen molar-refractivity contribution < 1.29 is 9.90 Å². The SMILES string of the molecule is O=C1NCc2c(-c3cnn4c3CCCC4)ccc(Nc3ccc(N4CCC(O)CC4)cn3)c21. The van der Waals surface area contributed by atoms with Crippen molar-refractivity contribution in [2.75, 3.05) is 23.3 Å². The van der Waals surface area contributed by atoms with E-state index in [-0.39, 0.29) is 12.0 Å². The number of rotatable bonds is 4. The van der Waals surface area contributed by atoms with Crippen LogP contribution in [-0.2, 0) is 19.5 Å². The lowest BCUT2D eigenvalue weighted by atomic mass is 9.94. The second-order valence-corrected chi connectivity index (χ2v) is 9.13. The topological polar surface area (TPSA) is 95.3 Å². The number of carbonyl (C=O) groups is 1. The zero-order valence-corrected chi connectivity index (χ0v) is 18.5. The maximum absolute atomic E-state index is 12.8. The Kier molecular flexibility index (Phi) is 5.02. The summed E-state index contributed by atoms with van der Waals surface area (Å²) < 4.78 is 2.11. The normalized spacial score (nSPS) is 18.1. The molecule has 0 unspecified atom stereocenters. The van der Waals surface area contributed by atoms with Crippen LogP contribution in [0.2, 0.25) is 0 Å². The van der Waals surface area contributed by atoms with Gasteiger partial charge in [-0.25, -0.2) is 4.98 Å². The lowest BCUT2D eigenvalue weighted by Crippen LogP contribution is -2.35. The number of aromatic nitrogens is 3. The Labute approximate surface area is 192 Å². The van der Waals surface area contributed by atoms with Gasteiger partial charge in [0.1, 0.15) is 5.82 Å². The van der Waals surface area contributed by atoms with Crippen LogP contribution in [0.25, 0.3) is 11.1 Å². The molecule has 6 rings (SSSR count). The average Bonchev–Trinajstić information content (AvgIpc) is 3.45. The van der Waals surface area contributed by atoms with Gasteiger partial charge in [-0.1, -0.05) is 6.07 Å². The van der Waals surface area contributed by atoms with E-state index in [1.165, 1.54) is 18.5 Å². The first-order valence-corrected chi connectivity index (χ1v) is 11.8. The summed E-state index contributed by atoms with van der Waals surface area (Å²) in [5.74, 6) is 0.646. The summed E-state index contributed by atoms with van der Waals surface area (Å²) in [7, 11) is 0. The molecule has 8 heteroatoms. The van der Waals surface area contributed by atoms with Crippen molar-refractivity contribution >= 4 is 23.1 Å². The molecule has 0 spiro atoms. The van der Waals surface area contributed by atoms with Crippen LogP contribution in [0.15, 0.2) is 36.7 Å². The molecule has 3 aliphatic heterocycles. The summed E-state index contributed by atoms with van der Waals surface area (Å²) in [5, 5.41) is 20.7. The highest BCUT2D eigenvalue weighted by Gasteiger charge is 2.28. The van der Waals surface area contributed by atoms with E-state index in [1.54, 1.807) is 0 Å². The number of fused-ring (bicyclic) bond motifs is 2. The number of pyridine rings is 1. The van der Waals surface area contributed by atoms with Crippen LogP contribution >= 0.6 is 0 Å². The molecule has 1 saturated heterocycles. The van der Waals surface area contributed by atoms with Gasteiger partial charge in [-0.05, 0) is 61.4 Å². The van der Waals surface area contributed by atoms with E-state index in [0.717, 1.165) is 67.0 Å². The molecular formula is C25H28N6O2. The summed E-state index contributed by atoms with van der Waals surface area (Å²) in [5.41, 5.74) is 7.04. The highest BCUT2D eigenvalue weighted by Crippen LogP contribution is 2.37. The number of hydrogen-bond donors (Lipinski definition) is 3. The lowest BCUT2D eigenvalue weighted by Gasteiger charge is -2.31. The summed E-state index contributed by atoms with van der Waals surface area (Å²) >= 11 is 0. The molecule has 0 radical (unpaired) electrons. The second-order valence-electron chi connectivity index (χ2n) is 9.13. The molecule has 1 amide bonds. The zero-order valence-electron chi connectivity index (χ0n) is 18.5. The maximum atomic E-state index is 12.8. The highest BCUT2D eigenvalue weighted by atomic mass is 16.3. The van der Waals surface area contributed by atoms with E-state index in [4.69, 9.17) is 0 Å². The fourth-order valence-corrected chi connectivity index (χ4v) is 5.26. The smallest absolute Gasteiger partial charge is 0.254 e. The minimum atomic E-state index is -0.195. The Bertz CT molecular complexity index is 1190. The van der Waals surface area contributed by atoms with Crippen molar-refractivity contribution in [3.05, 3.63) is 53.5 Å². The van der Waals surface area contributed by atoms with E-state index in [0.29, 0.717) is 17.9 Å². The van der Waals surface area contributed by atoms with Gasteiger partial charge in [0.25, 0.3) is 5.91 Å². The average molecular weight is 445 g/mol. The Hall–Kier alpha value is -3.39. The second kappa shape index (κ2) is 8.19. The summed E-state index contributed by atoms with van der Waals surface area (Å²) in [6.45, 7) is 3.16. The van der Waals surface area contributed by atoms with Gasteiger partial charge in [0, 0.05) is 37.4 Å². The van der Waals surface area contributed by atoms with E-state index >= 15 is 0 Å². The Balaban J connectivity index is 1.28. The van der Waals surface area contributed by atoms with Gasteiger partial charge < -0.3 is 20.6 Å². The number of anilines is 3. The first kappa shape index (κ1) is 20.2. The third-order valence-electron chi connectivity index (χ3n) is 7.08. The van der Waals surface area contributed by atoms with Crippen LogP contribution < -0.4 is 15.5 Å². The molecule has 8 nitrogen and oxygen atoms in total. The predicted octanol–water partition coefficient (Wildman–Crippen LogP) is 3.23. The van der Waals surface area contributed by atoms with Gasteiger partial charge in [-0.3, -0.25) is 9.48 Å². The van der Waals surface area contributed by atoms with E-state index in [1.807, 2.05) is 30.6 Å². The van der Waals surface area contributed by atoms with Crippen molar-refractivity contribution in [3.8, 4) is 11.1 Å². The summed E-state index contributed by atoms with van der Waals surface area (Å²) in [6.07, 6.45) is 8.55. The number of aliphatic hydroxyl groups excluding tert-OH is 1. The fraction of sp³-hybridized carbons (Fsp3) is 0.400. The van der Waals surface area contributed by atoms with E-state index in [2.05, 4.69) is 36.4 Å².